The Hall–Kier alpha value is -3.55. The number of anilines is 1. The molecule has 0 unspecified atom stereocenters. The molecule has 3 aromatic rings. The molecule has 0 aliphatic heterocycles. The van der Waals surface area contributed by atoms with E-state index in [4.69, 9.17) is 21.6 Å². The highest BCUT2D eigenvalue weighted by Gasteiger charge is 2.69. The summed E-state index contributed by atoms with van der Waals surface area (Å²) in [6.07, 6.45) is 5.09. The predicted molar refractivity (Wildman–Crippen MR) is 124 cm³/mol. The second-order valence-corrected chi connectivity index (χ2v) is 9.37. The molecule has 0 aromatic carbocycles. The van der Waals surface area contributed by atoms with Crippen LogP contribution in [0.4, 0.5) is 5.82 Å². The zero-order chi connectivity index (χ0) is 23.9. The molecule has 0 spiro atoms. The van der Waals surface area contributed by atoms with E-state index >= 15 is 0 Å². The fourth-order valence-electron chi connectivity index (χ4n) is 4.77. The molecule has 34 heavy (non-hydrogen) atoms. The van der Waals surface area contributed by atoms with Crippen LogP contribution in [0.25, 0.3) is 11.4 Å². The monoisotopic (exact) mass is 478 g/mol. The van der Waals surface area contributed by atoms with Crippen LogP contribution in [0.2, 0.25) is 5.15 Å². The molecular formula is C23H23ClN8O2. The fourth-order valence-corrected chi connectivity index (χ4v) is 5.05. The molecule has 0 radical (unpaired) electrons. The molecule has 3 aliphatic rings. The van der Waals surface area contributed by atoms with E-state index in [9.17, 15) is 4.79 Å². The first-order chi connectivity index (χ1) is 16.3. The van der Waals surface area contributed by atoms with Crippen molar-refractivity contribution in [3.8, 4) is 17.5 Å². The lowest BCUT2D eigenvalue weighted by Crippen LogP contribution is -2.74. The Balaban J connectivity index is 1.21. The summed E-state index contributed by atoms with van der Waals surface area (Å²) in [5.41, 5.74) is 1.95. The average molecular weight is 479 g/mol. The summed E-state index contributed by atoms with van der Waals surface area (Å²) in [6, 6.07) is 9.47. The Morgan fingerprint density at radius 1 is 1.32 bits per heavy atom. The molecule has 10 nitrogen and oxygen atoms in total. The van der Waals surface area contributed by atoms with E-state index in [-0.39, 0.29) is 29.7 Å². The van der Waals surface area contributed by atoms with Crippen molar-refractivity contribution in [2.24, 2.45) is 12.5 Å². The summed E-state index contributed by atoms with van der Waals surface area (Å²) in [7, 11) is 1.76. The average Bonchev–Trinajstić information content (AvgIpc) is 3.15. The minimum Gasteiger partial charge on any atom is -0.354 e. The summed E-state index contributed by atoms with van der Waals surface area (Å²) >= 11 is 6.14. The van der Waals surface area contributed by atoms with Gasteiger partial charge in [-0.15, -0.1) is 5.10 Å². The molecule has 1 atom stereocenters. The highest BCUT2D eigenvalue weighted by atomic mass is 35.5. The predicted octanol–water partition coefficient (Wildman–Crippen LogP) is 3.25. The number of carbonyl (C=O) groups is 1. The number of aromatic nitrogens is 5. The Morgan fingerprint density at radius 2 is 2.12 bits per heavy atom. The zero-order valence-electron chi connectivity index (χ0n) is 18.7. The molecule has 0 saturated heterocycles. The van der Waals surface area contributed by atoms with E-state index in [0.29, 0.717) is 27.9 Å². The number of nitrogens with zero attached hydrogens (tertiary/aromatic N) is 6. The van der Waals surface area contributed by atoms with Crippen LogP contribution < -0.4 is 10.6 Å². The molecule has 174 valence electrons. The maximum atomic E-state index is 12.6. The van der Waals surface area contributed by atoms with Crippen LogP contribution in [0, 0.1) is 16.7 Å². The SMILES string of the molecule is C[C@@H](OCNc1c(-c2ccc(C(=O)NC34CC(C#N)(C3)C4)cn2)nnn1C)c1cccnc1Cl. The number of aryl methyl sites for hydroxylation is 1. The highest BCUT2D eigenvalue weighted by molar-refractivity contribution is 6.30. The number of nitrogens with one attached hydrogen (secondary N) is 2. The van der Waals surface area contributed by atoms with Gasteiger partial charge in [0, 0.05) is 30.5 Å². The number of amides is 1. The molecule has 2 N–H and O–H groups in total. The fraction of sp³-hybridized carbons (Fsp3) is 0.391. The molecule has 3 aliphatic carbocycles. The maximum absolute atomic E-state index is 12.6. The minimum atomic E-state index is -0.265. The summed E-state index contributed by atoms with van der Waals surface area (Å²) < 4.78 is 7.46. The quantitative estimate of drug-likeness (QED) is 0.372. The second-order valence-electron chi connectivity index (χ2n) is 9.01. The van der Waals surface area contributed by atoms with Gasteiger partial charge in [-0.2, -0.15) is 5.26 Å². The third-order valence-electron chi connectivity index (χ3n) is 6.54. The lowest BCUT2D eigenvalue weighted by molar-refractivity contribution is -0.102. The van der Waals surface area contributed by atoms with E-state index in [1.807, 2.05) is 19.1 Å². The van der Waals surface area contributed by atoms with Crippen molar-refractivity contribution in [2.45, 2.75) is 37.8 Å². The normalized spacial score (nSPS) is 23.2. The number of rotatable bonds is 8. The molecule has 3 aromatic heterocycles. The lowest BCUT2D eigenvalue weighted by Gasteiger charge is -2.66. The molecule has 11 heteroatoms. The van der Waals surface area contributed by atoms with Gasteiger partial charge in [-0.3, -0.25) is 9.78 Å². The van der Waals surface area contributed by atoms with Crippen molar-refractivity contribution in [2.75, 3.05) is 12.0 Å². The van der Waals surface area contributed by atoms with Crippen LogP contribution in [-0.2, 0) is 11.8 Å². The number of hydrogen-bond donors (Lipinski definition) is 2. The molecule has 3 fully saturated rings. The van der Waals surface area contributed by atoms with Crippen LogP contribution in [-0.4, -0.2) is 43.1 Å². The van der Waals surface area contributed by atoms with Gasteiger partial charge in [-0.05, 0) is 44.4 Å². The van der Waals surface area contributed by atoms with Gasteiger partial charge >= 0.3 is 0 Å². The van der Waals surface area contributed by atoms with Crippen molar-refractivity contribution in [3.05, 3.63) is 52.9 Å². The molecule has 3 heterocycles. The Morgan fingerprint density at radius 3 is 2.79 bits per heavy atom. The van der Waals surface area contributed by atoms with E-state index in [2.05, 4.69) is 37.0 Å². The van der Waals surface area contributed by atoms with Crippen LogP contribution in [0.1, 0.15) is 48.2 Å². The molecular weight excluding hydrogens is 456 g/mol. The number of pyridine rings is 2. The Kier molecular flexibility index (Phi) is 5.46. The van der Waals surface area contributed by atoms with Gasteiger partial charge in [0.2, 0.25) is 0 Å². The first kappa shape index (κ1) is 22.3. The molecule has 2 bridgehead atoms. The highest BCUT2D eigenvalue weighted by Crippen LogP contribution is 2.66. The minimum absolute atomic E-state index is 0.181. The van der Waals surface area contributed by atoms with Crippen molar-refractivity contribution < 1.29 is 9.53 Å². The van der Waals surface area contributed by atoms with E-state index in [1.54, 1.807) is 30.1 Å². The number of halogens is 1. The van der Waals surface area contributed by atoms with Crippen molar-refractivity contribution in [1.82, 2.24) is 30.3 Å². The Labute approximate surface area is 201 Å². The van der Waals surface area contributed by atoms with Gasteiger partial charge in [0.15, 0.2) is 11.5 Å². The largest absolute Gasteiger partial charge is 0.354 e. The molecule has 3 saturated carbocycles. The van der Waals surface area contributed by atoms with Gasteiger partial charge in [0.25, 0.3) is 5.91 Å². The number of carbonyl (C=O) groups excluding carboxylic acids is 1. The first-order valence-electron chi connectivity index (χ1n) is 10.9. The van der Waals surface area contributed by atoms with Crippen molar-refractivity contribution >= 4 is 23.3 Å². The van der Waals surface area contributed by atoms with Gasteiger partial charge in [-0.25, -0.2) is 9.67 Å². The van der Waals surface area contributed by atoms with Gasteiger partial charge in [0.1, 0.15) is 11.9 Å². The topological polar surface area (TPSA) is 131 Å². The van der Waals surface area contributed by atoms with Crippen LogP contribution in [0.3, 0.4) is 0 Å². The summed E-state index contributed by atoms with van der Waals surface area (Å²) in [4.78, 5) is 21.1. The van der Waals surface area contributed by atoms with Gasteiger partial charge in [-0.1, -0.05) is 22.9 Å². The molecule has 1 amide bonds. The standard InChI is InChI=1S/C23H23ClN8O2/c1-14(16-4-3-7-26-19(16)24)34-13-28-20-18(30-31-32(20)2)17-6-5-15(8-27-17)21(33)29-23-9-22(10-23,11-23)12-25/h3-8,14,28H,9-11,13H2,1-2H3,(H,29,33)/t14-,22?,23?/m1/s1. The second kappa shape index (κ2) is 8.34. The smallest absolute Gasteiger partial charge is 0.253 e. The van der Waals surface area contributed by atoms with E-state index < -0.39 is 0 Å². The van der Waals surface area contributed by atoms with Gasteiger partial charge < -0.3 is 15.4 Å². The Bertz CT molecular complexity index is 1260. The van der Waals surface area contributed by atoms with Gasteiger partial charge in [0.05, 0.1) is 28.8 Å². The first-order valence-corrected chi connectivity index (χ1v) is 11.3. The number of hydrogen-bond acceptors (Lipinski definition) is 8. The summed E-state index contributed by atoms with van der Waals surface area (Å²) in [6.45, 7) is 2.08. The molecule has 6 rings (SSSR count). The number of nitriles is 1. The van der Waals surface area contributed by atoms with Crippen LogP contribution in [0.15, 0.2) is 36.7 Å². The summed E-state index contributed by atoms with van der Waals surface area (Å²) in [5, 5.41) is 24.1. The van der Waals surface area contributed by atoms with Crippen LogP contribution >= 0.6 is 11.6 Å². The van der Waals surface area contributed by atoms with E-state index in [1.165, 1.54) is 6.20 Å². The number of ether oxygens (including phenoxy) is 1. The van der Waals surface area contributed by atoms with E-state index in [0.717, 1.165) is 24.8 Å². The maximum Gasteiger partial charge on any atom is 0.253 e. The zero-order valence-corrected chi connectivity index (χ0v) is 19.5. The van der Waals surface area contributed by atoms with Crippen molar-refractivity contribution in [3.63, 3.8) is 0 Å². The van der Waals surface area contributed by atoms with Crippen molar-refractivity contribution in [1.29, 1.82) is 5.26 Å². The lowest BCUT2D eigenvalue weighted by atomic mass is 9.40. The third kappa shape index (κ3) is 3.87. The third-order valence-corrected chi connectivity index (χ3v) is 6.86. The van der Waals surface area contributed by atoms with Crippen LogP contribution in [0.5, 0.6) is 0 Å². The summed E-state index contributed by atoms with van der Waals surface area (Å²) in [5.74, 6) is 0.448.